The van der Waals surface area contributed by atoms with E-state index in [1.165, 1.54) is 45.4 Å². The maximum absolute atomic E-state index is 11.4. The SMILES string of the molecule is C=C(C)C(=O)OS(CCCCCCCCCCC)=P(O)(O)O. The van der Waals surface area contributed by atoms with E-state index in [2.05, 4.69) is 13.5 Å². The highest BCUT2D eigenvalue weighted by Gasteiger charge is 2.18. The Bertz CT molecular complexity index is 394. The van der Waals surface area contributed by atoms with E-state index in [-0.39, 0.29) is 11.3 Å². The number of carbonyl (C=O) groups excluding carboxylic acids is 1. The zero-order valence-electron chi connectivity index (χ0n) is 13.8. The fourth-order valence-corrected chi connectivity index (χ4v) is 4.73. The van der Waals surface area contributed by atoms with Gasteiger partial charge in [-0.3, -0.25) is 0 Å². The molecule has 22 heavy (non-hydrogen) atoms. The first-order valence-corrected chi connectivity index (χ1v) is 11.5. The standard InChI is InChI=1S/C15H31O5PS/c1-4-5-6-7-8-9-10-11-12-13-22(21(17,18)19)20-15(16)14(2)3/h17-19H,2,4-13H2,1,3H3. The third-order valence-corrected chi connectivity index (χ3v) is 7.15. The van der Waals surface area contributed by atoms with Crippen LogP contribution < -0.4 is 0 Å². The van der Waals surface area contributed by atoms with Gasteiger partial charge in [0.2, 0.25) is 0 Å². The molecule has 0 aliphatic carbocycles. The number of carbonyl (C=O) groups is 1. The molecule has 0 spiro atoms. The average Bonchev–Trinajstić information content (AvgIpc) is 2.42. The molecule has 7 heteroatoms. The van der Waals surface area contributed by atoms with Gasteiger partial charge in [0.1, 0.15) is 0 Å². The van der Waals surface area contributed by atoms with Crippen LogP contribution in [-0.2, 0) is 19.3 Å². The molecule has 0 bridgehead atoms. The van der Waals surface area contributed by atoms with Crippen LogP contribution in [0.4, 0.5) is 0 Å². The fourth-order valence-electron chi connectivity index (χ4n) is 1.91. The first-order chi connectivity index (χ1) is 10.3. The Balaban J connectivity index is 3.98. The minimum absolute atomic E-state index is 0.179. The molecule has 132 valence electrons. The first-order valence-electron chi connectivity index (χ1n) is 7.96. The molecule has 0 radical (unpaired) electrons. The molecule has 1 atom stereocenters. The van der Waals surface area contributed by atoms with Crippen molar-refractivity contribution in [3.63, 3.8) is 0 Å². The zero-order valence-corrected chi connectivity index (χ0v) is 15.5. The molecule has 1 unspecified atom stereocenters. The van der Waals surface area contributed by atoms with Gasteiger partial charge in [0.05, 0.1) is 10.4 Å². The molecular formula is C15H31O5PS. The second-order valence-corrected chi connectivity index (χ2v) is 10.5. The lowest BCUT2D eigenvalue weighted by Gasteiger charge is -2.14. The smallest absolute Gasteiger partial charge is 0.344 e. The second-order valence-electron chi connectivity index (χ2n) is 5.52. The van der Waals surface area contributed by atoms with Gasteiger partial charge in [-0.2, -0.15) is 0 Å². The number of rotatable bonds is 12. The summed E-state index contributed by atoms with van der Waals surface area (Å²) >= 11 is 0. The molecule has 0 aromatic rings. The summed E-state index contributed by atoms with van der Waals surface area (Å²) in [5, 5.41) is 0. The maximum Gasteiger partial charge on any atom is 0.344 e. The summed E-state index contributed by atoms with van der Waals surface area (Å²) in [7, 11) is -1.54. The van der Waals surface area contributed by atoms with Gasteiger partial charge < -0.3 is 18.9 Å². The summed E-state index contributed by atoms with van der Waals surface area (Å²) in [6, 6.07) is 0. The molecule has 5 nitrogen and oxygen atoms in total. The van der Waals surface area contributed by atoms with E-state index in [1.807, 2.05) is 0 Å². The highest BCUT2D eigenvalue weighted by Crippen LogP contribution is 2.37. The summed E-state index contributed by atoms with van der Waals surface area (Å²) in [6.07, 6.45) is 10.2. The Hall–Kier alpha value is -0.130. The summed E-state index contributed by atoms with van der Waals surface area (Å²) in [5.74, 6) is -0.410. The van der Waals surface area contributed by atoms with Crippen LogP contribution in [0, 0.1) is 0 Å². The molecule has 0 aliphatic heterocycles. The van der Waals surface area contributed by atoms with Gasteiger partial charge >= 0.3 is 12.7 Å². The Labute approximate surface area is 136 Å². The zero-order chi connectivity index (χ0) is 17.0. The lowest BCUT2D eigenvalue weighted by molar-refractivity contribution is -0.128. The molecule has 3 N–H and O–H groups in total. The van der Waals surface area contributed by atoms with Crippen molar-refractivity contribution < 1.29 is 23.7 Å². The van der Waals surface area contributed by atoms with Crippen molar-refractivity contribution in [3.05, 3.63) is 12.2 Å². The van der Waals surface area contributed by atoms with Gasteiger partial charge in [-0.25, -0.2) is 4.79 Å². The Kier molecular flexibility index (Phi) is 12.2. The van der Waals surface area contributed by atoms with Gasteiger partial charge in [0.15, 0.2) is 0 Å². The van der Waals surface area contributed by atoms with Crippen molar-refractivity contribution in [2.24, 2.45) is 0 Å². The number of hydrogen-bond acceptors (Lipinski definition) is 2. The summed E-state index contributed by atoms with van der Waals surface area (Å²) in [6.45, 7) is 2.97. The van der Waals surface area contributed by atoms with E-state index in [9.17, 15) is 19.5 Å². The number of hydrogen-bond donors (Lipinski definition) is 3. The van der Waals surface area contributed by atoms with Crippen LogP contribution in [0.25, 0.3) is 0 Å². The molecular weight excluding hydrogens is 323 g/mol. The average molecular weight is 354 g/mol. The third kappa shape index (κ3) is 11.4. The normalized spacial score (nSPS) is 13.0. The van der Waals surface area contributed by atoms with Gasteiger partial charge in [0, 0.05) is 11.3 Å². The van der Waals surface area contributed by atoms with E-state index >= 15 is 0 Å². The Morgan fingerprint density at radius 3 is 1.86 bits per heavy atom. The topological polar surface area (TPSA) is 87.0 Å². The molecule has 0 aromatic heterocycles. The molecule has 0 saturated heterocycles. The minimum Gasteiger partial charge on any atom is -0.391 e. The van der Waals surface area contributed by atoms with E-state index in [0.29, 0.717) is 6.42 Å². The Morgan fingerprint density at radius 1 is 1.00 bits per heavy atom. The molecule has 0 fully saturated rings. The summed E-state index contributed by atoms with van der Waals surface area (Å²) in [5.41, 5.74) is 0.179. The van der Waals surface area contributed by atoms with E-state index in [1.54, 1.807) is 0 Å². The predicted molar refractivity (Wildman–Crippen MR) is 93.9 cm³/mol. The van der Waals surface area contributed by atoms with Crippen molar-refractivity contribution in [1.29, 1.82) is 0 Å². The quantitative estimate of drug-likeness (QED) is 0.282. The number of unbranched alkanes of at least 4 members (excludes halogenated alkanes) is 8. The van der Waals surface area contributed by atoms with Crippen LogP contribution in [0.2, 0.25) is 0 Å². The third-order valence-electron chi connectivity index (χ3n) is 3.22. The van der Waals surface area contributed by atoms with E-state index in [0.717, 1.165) is 12.8 Å². The van der Waals surface area contributed by atoms with Crippen molar-refractivity contribution in [1.82, 2.24) is 0 Å². The van der Waals surface area contributed by atoms with Crippen molar-refractivity contribution in [3.8, 4) is 0 Å². The van der Waals surface area contributed by atoms with Gasteiger partial charge in [-0.1, -0.05) is 64.9 Å². The monoisotopic (exact) mass is 354 g/mol. The first kappa shape index (κ1) is 21.9. The van der Waals surface area contributed by atoms with Gasteiger partial charge in [-0.05, 0) is 13.3 Å². The lowest BCUT2D eigenvalue weighted by Crippen LogP contribution is -2.12. The highest BCUT2D eigenvalue weighted by molar-refractivity contribution is 8.24. The van der Waals surface area contributed by atoms with Crippen LogP contribution in [0.15, 0.2) is 12.2 Å². The molecule has 0 aliphatic rings. The Morgan fingerprint density at radius 2 is 1.45 bits per heavy atom. The summed E-state index contributed by atoms with van der Waals surface area (Å²) in [4.78, 5) is 39.5. The highest BCUT2D eigenvalue weighted by atomic mass is 32.5. The largest absolute Gasteiger partial charge is 0.391 e. The fraction of sp³-hybridized carbons (Fsp3) is 0.800. The van der Waals surface area contributed by atoms with Gasteiger partial charge in [0.25, 0.3) is 0 Å². The molecule has 0 aromatic carbocycles. The minimum atomic E-state index is -4.15. The maximum atomic E-state index is 11.4. The van der Waals surface area contributed by atoms with Crippen LogP contribution in [0.5, 0.6) is 0 Å². The van der Waals surface area contributed by atoms with Crippen molar-refractivity contribution >= 4 is 23.0 Å². The molecule has 0 rings (SSSR count). The van der Waals surface area contributed by atoms with Crippen LogP contribution in [0.3, 0.4) is 0 Å². The second kappa shape index (κ2) is 12.3. The van der Waals surface area contributed by atoms with Crippen molar-refractivity contribution in [2.75, 3.05) is 5.75 Å². The van der Waals surface area contributed by atoms with Crippen LogP contribution >= 0.6 is 6.72 Å². The molecule has 0 saturated carbocycles. The molecule has 0 heterocycles. The van der Waals surface area contributed by atoms with E-state index < -0.39 is 23.0 Å². The van der Waals surface area contributed by atoms with E-state index in [4.69, 9.17) is 4.18 Å². The summed E-state index contributed by atoms with van der Waals surface area (Å²) < 4.78 is 4.94. The van der Waals surface area contributed by atoms with Gasteiger partial charge in [-0.15, -0.1) is 0 Å². The lowest BCUT2D eigenvalue weighted by atomic mass is 10.1. The van der Waals surface area contributed by atoms with Crippen LogP contribution in [-0.4, -0.2) is 26.4 Å². The van der Waals surface area contributed by atoms with Crippen molar-refractivity contribution in [2.45, 2.75) is 71.6 Å². The molecule has 0 amide bonds. The predicted octanol–water partition coefficient (Wildman–Crippen LogP) is 3.82. The van der Waals surface area contributed by atoms with Crippen LogP contribution in [0.1, 0.15) is 71.6 Å².